The lowest BCUT2D eigenvalue weighted by molar-refractivity contribution is 0.279. The molecule has 1 unspecified atom stereocenters. The molecule has 0 aromatic carbocycles. The Bertz CT molecular complexity index is 72.6. The highest BCUT2D eigenvalue weighted by molar-refractivity contribution is 4.86. The van der Waals surface area contributed by atoms with E-state index in [9.17, 15) is 0 Å². The fourth-order valence-electron chi connectivity index (χ4n) is 1.39. The van der Waals surface area contributed by atoms with Gasteiger partial charge in [-0.3, -0.25) is 0 Å². The third kappa shape index (κ3) is 1.98. The molecule has 9 heavy (non-hydrogen) atoms. The van der Waals surface area contributed by atoms with Crippen LogP contribution >= 0.6 is 0 Å². The molecule has 0 aromatic heterocycles. The predicted octanol–water partition coefficient (Wildman–Crippen LogP) is 1.69. The van der Waals surface area contributed by atoms with Crippen LogP contribution in [0.25, 0.3) is 0 Å². The first-order valence-corrected chi connectivity index (χ1v) is 3.80. The molecule has 0 aromatic rings. The van der Waals surface area contributed by atoms with Crippen molar-refractivity contribution in [3.8, 4) is 0 Å². The van der Waals surface area contributed by atoms with E-state index in [1.165, 1.54) is 25.7 Å². The summed E-state index contributed by atoms with van der Waals surface area (Å²) in [4.78, 5) is 2.30. The zero-order valence-corrected chi connectivity index (χ0v) is 6.43. The van der Waals surface area contributed by atoms with Gasteiger partial charge in [-0.1, -0.05) is 12.8 Å². The number of hydrogen-bond donors (Lipinski definition) is 0. The first-order chi connectivity index (χ1) is 4.30. The Hall–Kier alpha value is -0.0400. The Balaban J connectivity index is 2.23. The zero-order chi connectivity index (χ0) is 6.69. The normalized spacial score (nSPS) is 23.0. The Labute approximate surface area is 58.0 Å². The monoisotopic (exact) mass is 126 g/mol. The highest BCUT2D eigenvalue weighted by Crippen LogP contribution is 2.19. The molecule has 1 rings (SSSR count). The largest absolute Gasteiger partial charge is 0.306 e. The molecule has 0 bridgehead atoms. The van der Waals surface area contributed by atoms with E-state index in [0.717, 1.165) is 6.04 Å². The molecule has 1 aliphatic rings. The van der Waals surface area contributed by atoms with Crippen LogP contribution in [0.15, 0.2) is 0 Å². The summed E-state index contributed by atoms with van der Waals surface area (Å²) in [5.41, 5.74) is 0. The molecular weight excluding hydrogens is 110 g/mol. The SMILES string of the molecule is CN(C)C1[CH]CCCC1. The van der Waals surface area contributed by atoms with E-state index >= 15 is 0 Å². The fraction of sp³-hybridized carbons (Fsp3) is 0.875. The second kappa shape index (κ2) is 3.21. The van der Waals surface area contributed by atoms with E-state index in [2.05, 4.69) is 25.4 Å². The number of hydrogen-bond acceptors (Lipinski definition) is 1. The second-order valence-corrected chi connectivity index (χ2v) is 3.05. The fourth-order valence-corrected chi connectivity index (χ4v) is 1.39. The topological polar surface area (TPSA) is 3.24 Å². The van der Waals surface area contributed by atoms with E-state index in [1.54, 1.807) is 0 Å². The van der Waals surface area contributed by atoms with Crippen LogP contribution in [0.5, 0.6) is 0 Å². The average molecular weight is 126 g/mol. The van der Waals surface area contributed by atoms with Gasteiger partial charge in [-0.25, -0.2) is 0 Å². The van der Waals surface area contributed by atoms with Crippen LogP contribution in [-0.2, 0) is 0 Å². The van der Waals surface area contributed by atoms with Crippen molar-refractivity contribution >= 4 is 0 Å². The van der Waals surface area contributed by atoms with Crippen LogP contribution in [0.1, 0.15) is 25.7 Å². The van der Waals surface area contributed by atoms with Gasteiger partial charge < -0.3 is 4.90 Å². The van der Waals surface area contributed by atoms with Gasteiger partial charge in [0.1, 0.15) is 0 Å². The van der Waals surface area contributed by atoms with Gasteiger partial charge in [0.25, 0.3) is 0 Å². The van der Waals surface area contributed by atoms with Crippen molar-refractivity contribution in [2.45, 2.75) is 31.7 Å². The minimum atomic E-state index is 0.763. The van der Waals surface area contributed by atoms with E-state index in [4.69, 9.17) is 0 Å². The van der Waals surface area contributed by atoms with Crippen LogP contribution in [0.2, 0.25) is 0 Å². The van der Waals surface area contributed by atoms with Crippen molar-refractivity contribution in [3.05, 3.63) is 6.42 Å². The highest BCUT2D eigenvalue weighted by atomic mass is 15.1. The Morgan fingerprint density at radius 3 is 2.44 bits per heavy atom. The maximum atomic E-state index is 2.43. The lowest BCUT2D eigenvalue weighted by atomic mass is 9.95. The Kier molecular flexibility index (Phi) is 2.52. The van der Waals surface area contributed by atoms with Gasteiger partial charge in [0.05, 0.1) is 0 Å². The Morgan fingerprint density at radius 1 is 1.33 bits per heavy atom. The smallest absolute Gasteiger partial charge is 0.0121 e. The molecule has 1 nitrogen and oxygen atoms in total. The van der Waals surface area contributed by atoms with Crippen LogP contribution in [0, 0.1) is 6.42 Å². The average Bonchev–Trinajstić information content (AvgIpc) is 1.90. The van der Waals surface area contributed by atoms with Crippen molar-refractivity contribution in [1.82, 2.24) is 4.90 Å². The summed E-state index contributed by atoms with van der Waals surface area (Å²) in [6.07, 6.45) is 7.95. The maximum absolute atomic E-state index is 2.43. The van der Waals surface area contributed by atoms with Crippen LogP contribution in [0.4, 0.5) is 0 Å². The van der Waals surface area contributed by atoms with Crippen LogP contribution in [-0.4, -0.2) is 25.0 Å². The van der Waals surface area contributed by atoms with Gasteiger partial charge in [0.15, 0.2) is 0 Å². The van der Waals surface area contributed by atoms with Crippen molar-refractivity contribution in [1.29, 1.82) is 0 Å². The first kappa shape index (κ1) is 7.07. The molecule has 0 aliphatic heterocycles. The summed E-state index contributed by atoms with van der Waals surface area (Å²) in [6, 6.07) is 0.763. The molecule has 0 saturated heterocycles. The van der Waals surface area contributed by atoms with Gasteiger partial charge >= 0.3 is 0 Å². The standard InChI is InChI=1S/C8H16N/c1-9(2)8-6-4-3-5-7-8/h6,8H,3-5,7H2,1-2H3. The molecule has 1 heteroatoms. The molecule has 1 radical (unpaired) electrons. The van der Waals surface area contributed by atoms with Gasteiger partial charge in [0, 0.05) is 6.04 Å². The van der Waals surface area contributed by atoms with Gasteiger partial charge in [-0.15, -0.1) is 0 Å². The lowest BCUT2D eigenvalue weighted by Gasteiger charge is -2.27. The van der Waals surface area contributed by atoms with Gasteiger partial charge in [0.2, 0.25) is 0 Å². The van der Waals surface area contributed by atoms with Crippen molar-refractivity contribution in [3.63, 3.8) is 0 Å². The molecular formula is C8H16N. The highest BCUT2D eigenvalue weighted by Gasteiger charge is 2.14. The Morgan fingerprint density at radius 2 is 2.11 bits per heavy atom. The summed E-state index contributed by atoms with van der Waals surface area (Å²) < 4.78 is 0. The second-order valence-electron chi connectivity index (χ2n) is 3.05. The minimum Gasteiger partial charge on any atom is -0.306 e. The molecule has 0 N–H and O–H groups in total. The van der Waals surface area contributed by atoms with Crippen molar-refractivity contribution in [2.75, 3.05) is 14.1 Å². The van der Waals surface area contributed by atoms with E-state index in [-0.39, 0.29) is 0 Å². The molecule has 53 valence electrons. The molecule has 1 fully saturated rings. The summed E-state index contributed by atoms with van der Waals surface area (Å²) >= 11 is 0. The van der Waals surface area contributed by atoms with Crippen LogP contribution < -0.4 is 0 Å². The zero-order valence-electron chi connectivity index (χ0n) is 6.43. The van der Waals surface area contributed by atoms with Crippen molar-refractivity contribution < 1.29 is 0 Å². The molecule has 0 spiro atoms. The van der Waals surface area contributed by atoms with E-state index in [1.807, 2.05) is 0 Å². The summed E-state index contributed by atoms with van der Waals surface area (Å²) in [7, 11) is 4.32. The minimum absolute atomic E-state index is 0.763. The quantitative estimate of drug-likeness (QED) is 0.517. The molecule has 1 atom stereocenters. The molecule has 0 amide bonds. The van der Waals surface area contributed by atoms with Gasteiger partial charge in [-0.2, -0.15) is 0 Å². The maximum Gasteiger partial charge on any atom is 0.0121 e. The third-order valence-electron chi connectivity index (χ3n) is 2.06. The molecule has 1 saturated carbocycles. The first-order valence-electron chi connectivity index (χ1n) is 3.80. The van der Waals surface area contributed by atoms with Gasteiger partial charge in [-0.05, 0) is 33.4 Å². The van der Waals surface area contributed by atoms with Crippen LogP contribution in [0.3, 0.4) is 0 Å². The van der Waals surface area contributed by atoms with E-state index in [0.29, 0.717) is 0 Å². The molecule has 1 aliphatic carbocycles. The molecule has 0 heterocycles. The van der Waals surface area contributed by atoms with E-state index < -0.39 is 0 Å². The summed E-state index contributed by atoms with van der Waals surface area (Å²) in [5, 5.41) is 0. The number of nitrogens with zero attached hydrogens (tertiary/aromatic N) is 1. The third-order valence-corrected chi connectivity index (χ3v) is 2.06. The van der Waals surface area contributed by atoms with Crippen molar-refractivity contribution in [2.24, 2.45) is 0 Å². The number of rotatable bonds is 1. The summed E-state index contributed by atoms with van der Waals surface area (Å²) in [5.74, 6) is 0. The summed E-state index contributed by atoms with van der Waals surface area (Å²) in [6.45, 7) is 0. The lowest BCUT2D eigenvalue weighted by Crippen LogP contribution is -2.30. The predicted molar refractivity (Wildman–Crippen MR) is 40.2 cm³/mol.